The zero-order valence-corrected chi connectivity index (χ0v) is 19.3. The van der Waals surface area contributed by atoms with Crippen LogP contribution in [0, 0.1) is 0 Å². The van der Waals surface area contributed by atoms with Gasteiger partial charge in [-0.15, -0.1) is 0 Å². The van der Waals surface area contributed by atoms with Gasteiger partial charge >= 0.3 is 123 Å². The van der Waals surface area contributed by atoms with Crippen LogP contribution < -0.4 is 13.1 Å². The van der Waals surface area contributed by atoms with Gasteiger partial charge < -0.3 is 4.55 Å². The van der Waals surface area contributed by atoms with Gasteiger partial charge in [0.25, 0.3) is 0 Å². The van der Waals surface area contributed by atoms with E-state index in [2.05, 4.69) is 96.7 Å². The van der Waals surface area contributed by atoms with Crippen LogP contribution in [0.25, 0.3) is 0 Å². The van der Waals surface area contributed by atoms with Gasteiger partial charge in [0, 0.05) is 0 Å². The fourth-order valence-corrected chi connectivity index (χ4v) is 10.4. The van der Waals surface area contributed by atoms with Gasteiger partial charge in [-0.25, -0.2) is 8.42 Å². The van der Waals surface area contributed by atoms with E-state index in [1.807, 2.05) is 0 Å². The zero-order chi connectivity index (χ0) is 21.5. The van der Waals surface area contributed by atoms with Crippen molar-refractivity contribution in [2.24, 2.45) is 0 Å². The molecule has 0 bridgehead atoms. The van der Waals surface area contributed by atoms with Gasteiger partial charge in [0.1, 0.15) is 10.1 Å². The first-order valence-corrected chi connectivity index (χ1v) is 15.6. The Morgan fingerprint density at radius 1 is 0.533 bits per heavy atom. The summed E-state index contributed by atoms with van der Waals surface area (Å²) in [6, 6.07) is 40.1. The Bertz CT molecular complexity index is 1050. The first-order chi connectivity index (χ1) is 14.4. The summed E-state index contributed by atoms with van der Waals surface area (Å²) in [6.07, 6.45) is 0. The molecule has 0 heterocycles. The minimum Gasteiger partial charge on any atom is -0.744 e. The van der Waals surface area contributed by atoms with Crippen molar-refractivity contribution in [3.05, 3.63) is 121 Å². The third-order valence-electron chi connectivity index (χ3n) is 4.85. The molecule has 0 aliphatic carbocycles. The monoisotopic (exact) mass is 478 g/mol. The number of rotatable bonds is 4. The van der Waals surface area contributed by atoms with Crippen LogP contribution in [0.1, 0.15) is 0 Å². The molecule has 0 spiro atoms. The van der Waals surface area contributed by atoms with Gasteiger partial charge in [-0.2, -0.15) is 0 Å². The van der Waals surface area contributed by atoms with Gasteiger partial charge in [-0.05, 0) is 12.1 Å². The molecular formula is C25H23AsO3S. The molecule has 0 saturated heterocycles. The van der Waals surface area contributed by atoms with Crippen molar-refractivity contribution < 1.29 is 13.0 Å². The normalized spacial score (nSPS) is 11.3. The second-order valence-electron chi connectivity index (χ2n) is 6.78. The van der Waals surface area contributed by atoms with Gasteiger partial charge in [-0.3, -0.25) is 0 Å². The van der Waals surface area contributed by atoms with E-state index >= 15 is 0 Å². The van der Waals surface area contributed by atoms with Crippen molar-refractivity contribution in [2.45, 2.75) is 10.6 Å². The fourth-order valence-electron chi connectivity index (χ4n) is 3.21. The van der Waals surface area contributed by atoms with E-state index in [-0.39, 0.29) is 4.90 Å². The van der Waals surface area contributed by atoms with E-state index in [1.54, 1.807) is 6.07 Å². The van der Waals surface area contributed by atoms with Gasteiger partial charge in [-0.1, -0.05) is 18.2 Å². The Balaban J connectivity index is 0.000000216. The summed E-state index contributed by atoms with van der Waals surface area (Å²) in [5, 5.41) is 0. The van der Waals surface area contributed by atoms with Crippen molar-refractivity contribution in [2.75, 3.05) is 0 Å². The Hall–Kier alpha value is -2.65. The Kier molecular flexibility index (Phi) is 7.28. The van der Waals surface area contributed by atoms with Crippen LogP contribution in [0.3, 0.4) is 0 Å². The molecule has 0 aliphatic heterocycles. The third-order valence-corrected chi connectivity index (χ3v) is 14.1. The van der Waals surface area contributed by atoms with Crippen LogP contribution in [-0.4, -0.2) is 26.5 Å². The van der Waals surface area contributed by atoms with Crippen molar-refractivity contribution in [1.82, 2.24) is 0 Å². The Morgan fingerprint density at radius 2 is 0.800 bits per heavy atom. The van der Waals surface area contributed by atoms with E-state index in [9.17, 15) is 13.0 Å². The predicted molar refractivity (Wildman–Crippen MR) is 124 cm³/mol. The Morgan fingerprint density at radius 3 is 1.03 bits per heavy atom. The maximum atomic E-state index is 10.3. The summed E-state index contributed by atoms with van der Waals surface area (Å²) < 4.78 is 35.3. The van der Waals surface area contributed by atoms with E-state index in [0.29, 0.717) is 0 Å². The molecular weight excluding hydrogens is 455 g/mol. The molecule has 0 unspecified atom stereocenters. The first kappa shape index (κ1) is 22.0. The number of hydrogen-bond donors (Lipinski definition) is 0. The van der Waals surface area contributed by atoms with E-state index in [1.165, 1.54) is 37.3 Å². The molecule has 0 atom stereocenters. The Labute approximate surface area is 181 Å². The SMILES string of the molecule is C[As+](c1ccccc1)(c1ccccc1)c1ccccc1.O=S(=O)([O-])c1ccccc1. The molecule has 0 amide bonds. The molecule has 5 heteroatoms. The predicted octanol–water partition coefficient (Wildman–Crippen LogP) is 3.38. The minimum absolute atomic E-state index is 0.185. The smallest absolute Gasteiger partial charge is 0.124 e. The van der Waals surface area contributed by atoms with E-state index < -0.39 is 23.7 Å². The van der Waals surface area contributed by atoms with E-state index in [0.717, 1.165) is 0 Å². The average Bonchev–Trinajstić information content (AvgIpc) is 2.81. The summed E-state index contributed by atoms with van der Waals surface area (Å²) in [7, 11) is -4.25. The van der Waals surface area contributed by atoms with Crippen molar-refractivity contribution in [3.8, 4) is 0 Å². The molecule has 0 N–H and O–H groups in total. The molecule has 3 nitrogen and oxygen atoms in total. The topological polar surface area (TPSA) is 57.2 Å². The molecule has 152 valence electrons. The second kappa shape index (κ2) is 9.90. The van der Waals surface area contributed by atoms with Crippen molar-refractivity contribution >= 4 is 36.7 Å². The van der Waals surface area contributed by atoms with Crippen LogP contribution >= 0.6 is 0 Å². The van der Waals surface area contributed by atoms with Gasteiger partial charge in [0.15, 0.2) is 0 Å². The van der Waals surface area contributed by atoms with Crippen LogP contribution in [0.15, 0.2) is 126 Å². The van der Waals surface area contributed by atoms with Crippen LogP contribution in [0.4, 0.5) is 0 Å². The summed E-state index contributed by atoms with van der Waals surface area (Å²) in [4.78, 5) is -0.185. The minimum atomic E-state index is -4.25. The molecule has 4 aromatic carbocycles. The molecule has 0 aromatic heterocycles. The molecule has 0 fully saturated rings. The van der Waals surface area contributed by atoms with E-state index in [4.69, 9.17) is 0 Å². The number of benzene rings is 4. The summed E-state index contributed by atoms with van der Waals surface area (Å²) in [5.41, 5.74) is 2.47. The molecule has 4 rings (SSSR count). The summed E-state index contributed by atoms with van der Waals surface area (Å²) in [6.45, 7) is 0. The number of hydrogen-bond acceptors (Lipinski definition) is 3. The molecule has 0 aliphatic rings. The fraction of sp³-hybridized carbons (Fsp3) is 0.0400. The van der Waals surface area contributed by atoms with Crippen LogP contribution in [-0.2, 0) is 10.1 Å². The largest absolute Gasteiger partial charge is 0.744 e. The van der Waals surface area contributed by atoms with Crippen LogP contribution in [0.5, 0.6) is 0 Å². The maximum absolute atomic E-state index is 10.3. The van der Waals surface area contributed by atoms with Crippen LogP contribution in [0.2, 0.25) is 5.71 Å². The summed E-state index contributed by atoms with van der Waals surface area (Å²) >= 11 is -2.29. The second-order valence-corrected chi connectivity index (χ2v) is 15.6. The third kappa shape index (κ3) is 5.28. The molecule has 0 radical (unpaired) electrons. The van der Waals surface area contributed by atoms with Crippen molar-refractivity contribution in [1.29, 1.82) is 0 Å². The quantitative estimate of drug-likeness (QED) is 0.334. The van der Waals surface area contributed by atoms with Crippen molar-refractivity contribution in [3.63, 3.8) is 0 Å². The molecule has 0 saturated carbocycles. The maximum Gasteiger partial charge on any atom is 0.124 e. The molecule has 4 aromatic rings. The van der Waals surface area contributed by atoms with Gasteiger partial charge in [0.2, 0.25) is 0 Å². The standard InChI is InChI=1S/C19H18As.C6H6O3S/c1-20(17-11-5-2-6-12-17,18-13-7-3-8-14-18)19-15-9-4-10-16-19;7-10(8,9)6-4-2-1-3-5-6/h2-16H,1H3;1-5H,(H,7,8,9)/q+1;/p-1. The zero-order valence-electron chi connectivity index (χ0n) is 16.6. The summed E-state index contributed by atoms with van der Waals surface area (Å²) in [5.74, 6) is 0. The van der Waals surface area contributed by atoms with Gasteiger partial charge in [0.05, 0.1) is 4.90 Å². The average molecular weight is 478 g/mol. The molecule has 30 heavy (non-hydrogen) atoms. The first-order valence-electron chi connectivity index (χ1n) is 9.46.